The topological polar surface area (TPSA) is 40.5 Å². The summed E-state index contributed by atoms with van der Waals surface area (Å²) < 4.78 is 0. The normalized spacial score (nSPS) is 9.58. The Balaban J connectivity index is 0.000000200. The Bertz CT molecular complexity index is 454. The fraction of sp³-hybridized carbons (Fsp3) is 0.294. The lowest BCUT2D eigenvalue weighted by molar-refractivity contribution is 0.467. The predicted molar refractivity (Wildman–Crippen MR) is 79.6 cm³/mol. The quantitative estimate of drug-likeness (QED) is 0.854. The maximum Gasteiger partial charge on any atom is 0.118 e. The maximum atomic E-state index is 9.34. The second-order valence-corrected chi connectivity index (χ2v) is 4.57. The fourth-order valence-corrected chi connectivity index (χ4v) is 1.63. The molecule has 0 bridgehead atoms. The van der Waals surface area contributed by atoms with Gasteiger partial charge < -0.3 is 10.2 Å². The largest absolute Gasteiger partial charge is 0.508 e. The molecule has 0 heterocycles. The minimum Gasteiger partial charge on any atom is -0.508 e. The molecule has 0 aliphatic heterocycles. The van der Waals surface area contributed by atoms with Gasteiger partial charge in [0.15, 0.2) is 0 Å². The minimum absolute atomic E-state index is 0.329. The van der Waals surface area contributed by atoms with Crippen LogP contribution in [-0.2, 0) is 6.42 Å². The summed E-state index contributed by atoms with van der Waals surface area (Å²) in [6, 6.07) is 14.6. The number of phenols is 2. The van der Waals surface area contributed by atoms with Crippen LogP contribution >= 0.6 is 0 Å². The SMILES string of the molecule is CCCCc1ccccc1O.Cc1ccc(O)cc1. The maximum absolute atomic E-state index is 9.34. The Morgan fingerprint density at radius 2 is 1.53 bits per heavy atom. The predicted octanol–water partition coefficient (Wildman–Crippen LogP) is 4.44. The van der Waals surface area contributed by atoms with Gasteiger partial charge in [-0.15, -0.1) is 0 Å². The number of hydrogen-bond donors (Lipinski definition) is 2. The van der Waals surface area contributed by atoms with E-state index in [0.717, 1.165) is 18.4 Å². The van der Waals surface area contributed by atoms with E-state index in [0.29, 0.717) is 11.5 Å². The molecule has 2 aromatic carbocycles. The average molecular weight is 258 g/mol. The van der Waals surface area contributed by atoms with Crippen molar-refractivity contribution in [2.75, 3.05) is 0 Å². The summed E-state index contributed by atoms with van der Waals surface area (Å²) in [6.07, 6.45) is 3.31. The number of aromatic hydroxyl groups is 2. The molecule has 19 heavy (non-hydrogen) atoms. The lowest BCUT2D eigenvalue weighted by atomic mass is 10.1. The number of benzene rings is 2. The number of para-hydroxylation sites is 1. The molecule has 0 aliphatic rings. The molecule has 102 valence electrons. The van der Waals surface area contributed by atoms with Crippen molar-refractivity contribution in [3.8, 4) is 11.5 Å². The fourth-order valence-electron chi connectivity index (χ4n) is 1.63. The van der Waals surface area contributed by atoms with Gasteiger partial charge in [0.1, 0.15) is 11.5 Å². The zero-order chi connectivity index (χ0) is 14.1. The smallest absolute Gasteiger partial charge is 0.118 e. The summed E-state index contributed by atoms with van der Waals surface area (Å²) in [5.74, 6) is 0.761. The lowest BCUT2D eigenvalue weighted by Gasteiger charge is -2.01. The summed E-state index contributed by atoms with van der Waals surface area (Å²) in [7, 11) is 0. The average Bonchev–Trinajstić information content (AvgIpc) is 2.42. The first-order chi connectivity index (χ1) is 9.13. The van der Waals surface area contributed by atoms with Crippen LogP contribution in [0.2, 0.25) is 0 Å². The number of unbranched alkanes of at least 4 members (excludes halogenated alkanes) is 1. The molecule has 0 fully saturated rings. The number of aryl methyl sites for hydroxylation is 2. The van der Waals surface area contributed by atoms with Crippen molar-refractivity contribution in [1.82, 2.24) is 0 Å². The molecule has 0 aromatic heterocycles. The molecule has 2 rings (SSSR count). The molecular weight excluding hydrogens is 236 g/mol. The molecule has 2 heteroatoms. The first kappa shape index (κ1) is 15.1. The van der Waals surface area contributed by atoms with Crippen molar-refractivity contribution < 1.29 is 10.2 Å². The lowest BCUT2D eigenvalue weighted by Crippen LogP contribution is -1.83. The number of phenolic OH excluding ortho intramolecular Hbond substituents is 2. The van der Waals surface area contributed by atoms with E-state index in [4.69, 9.17) is 5.11 Å². The van der Waals surface area contributed by atoms with E-state index in [1.807, 2.05) is 37.3 Å². The molecule has 0 aliphatic carbocycles. The monoisotopic (exact) mass is 258 g/mol. The molecule has 0 unspecified atom stereocenters. The van der Waals surface area contributed by atoms with Gasteiger partial charge in [-0.3, -0.25) is 0 Å². The molecule has 0 atom stereocenters. The Hall–Kier alpha value is -1.96. The Morgan fingerprint density at radius 3 is 2.05 bits per heavy atom. The molecule has 2 aromatic rings. The Kier molecular flexibility index (Phi) is 6.51. The summed E-state index contributed by atoms with van der Waals surface area (Å²) in [5.41, 5.74) is 2.23. The third kappa shape index (κ3) is 5.96. The van der Waals surface area contributed by atoms with Gasteiger partial charge in [-0.25, -0.2) is 0 Å². The van der Waals surface area contributed by atoms with Crippen LogP contribution in [0.1, 0.15) is 30.9 Å². The zero-order valence-corrected chi connectivity index (χ0v) is 11.6. The van der Waals surface area contributed by atoms with Gasteiger partial charge in [-0.1, -0.05) is 49.2 Å². The first-order valence-electron chi connectivity index (χ1n) is 6.66. The van der Waals surface area contributed by atoms with Crippen molar-refractivity contribution in [3.63, 3.8) is 0 Å². The van der Waals surface area contributed by atoms with E-state index < -0.39 is 0 Å². The summed E-state index contributed by atoms with van der Waals surface area (Å²) in [6.45, 7) is 4.14. The van der Waals surface area contributed by atoms with Gasteiger partial charge in [-0.05, 0) is 43.5 Å². The van der Waals surface area contributed by atoms with Crippen LogP contribution in [0.15, 0.2) is 48.5 Å². The summed E-state index contributed by atoms with van der Waals surface area (Å²) >= 11 is 0. The van der Waals surface area contributed by atoms with Gasteiger partial charge in [0.2, 0.25) is 0 Å². The molecule has 0 radical (unpaired) electrons. The Labute approximate surface area is 115 Å². The second-order valence-electron chi connectivity index (χ2n) is 4.57. The van der Waals surface area contributed by atoms with E-state index in [-0.39, 0.29) is 0 Å². The van der Waals surface area contributed by atoms with E-state index in [2.05, 4.69) is 6.92 Å². The van der Waals surface area contributed by atoms with E-state index >= 15 is 0 Å². The van der Waals surface area contributed by atoms with Gasteiger partial charge >= 0.3 is 0 Å². The van der Waals surface area contributed by atoms with Crippen LogP contribution < -0.4 is 0 Å². The van der Waals surface area contributed by atoms with E-state index in [1.165, 1.54) is 12.0 Å². The Morgan fingerprint density at radius 1 is 0.895 bits per heavy atom. The van der Waals surface area contributed by atoms with Crippen LogP contribution in [0.4, 0.5) is 0 Å². The van der Waals surface area contributed by atoms with E-state index in [9.17, 15) is 5.11 Å². The van der Waals surface area contributed by atoms with Gasteiger partial charge in [-0.2, -0.15) is 0 Å². The highest BCUT2D eigenvalue weighted by Gasteiger charge is 1.96. The molecule has 0 saturated carbocycles. The van der Waals surface area contributed by atoms with Crippen LogP contribution in [0.25, 0.3) is 0 Å². The van der Waals surface area contributed by atoms with Crippen LogP contribution in [-0.4, -0.2) is 10.2 Å². The van der Waals surface area contributed by atoms with Crippen LogP contribution in [0.5, 0.6) is 11.5 Å². The molecular formula is C17H22O2. The van der Waals surface area contributed by atoms with Crippen molar-refractivity contribution in [3.05, 3.63) is 59.7 Å². The van der Waals surface area contributed by atoms with Crippen molar-refractivity contribution >= 4 is 0 Å². The van der Waals surface area contributed by atoms with E-state index in [1.54, 1.807) is 18.2 Å². The molecule has 0 amide bonds. The highest BCUT2D eigenvalue weighted by molar-refractivity contribution is 5.31. The van der Waals surface area contributed by atoms with Gasteiger partial charge in [0.05, 0.1) is 0 Å². The van der Waals surface area contributed by atoms with Crippen molar-refractivity contribution in [1.29, 1.82) is 0 Å². The number of hydrogen-bond acceptors (Lipinski definition) is 2. The first-order valence-corrected chi connectivity index (χ1v) is 6.66. The van der Waals surface area contributed by atoms with Crippen molar-refractivity contribution in [2.45, 2.75) is 33.1 Å². The van der Waals surface area contributed by atoms with Crippen LogP contribution in [0.3, 0.4) is 0 Å². The van der Waals surface area contributed by atoms with Gasteiger partial charge in [0, 0.05) is 0 Å². The molecule has 0 spiro atoms. The molecule has 0 saturated heterocycles. The summed E-state index contributed by atoms with van der Waals surface area (Å²) in [5, 5.41) is 18.1. The zero-order valence-electron chi connectivity index (χ0n) is 11.6. The highest BCUT2D eigenvalue weighted by Crippen LogP contribution is 2.17. The third-order valence-electron chi connectivity index (χ3n) is 2.83. The molecule has 2 N–H and O–H groups in total. The summed E-state index contributed by atoms with van der Waals surface area (Å²) in [4.78, 5) is 0. The van der Waals surface area contributed by atoms with Crippen LogP contribution in [0, 0.1) is 6.92 Å². The van der Waals surface area contributed by atoms with Gasteiger partial charge in [0.25, 0.3) is 0 Å². The highest BCUT2D eigenvalue weighted by atomic mass is 16.3. The molecule has 2 nitrogen and oxygen atoms in total. The second kappa shape index (κ2) is 8.20. The number of rotatable bonds is 3. The minimum atomic E-state index is 0.329. The third-order valence-corrected chi connectivity index (χ3v) is 2.83. The van der Waals surface area contributed by atoms with Crippen molar-refractivity contribution in [2.24, 2.45) is 0 Å². The standard InChI is InChI=1S/C10H14O.C7H8O/c1-2-3-6-9-7-4-5-8-10(9)11;1-6-2-4-7(8)5-3-6/h4-5,7-8,11H,2-3,6H2,1H3;2-5,8H,1H3.